The van der Waals surface area contributed by atoms with Crippen molar-refractivity contribution in [1.82, 2.24) is 4.57 Å². The molecule has 0 aliphatic heterocycles. The highest BCUT2D eigenvalue weighted by Gasteiger charge is 2.17. The molecular weight excluding hydrogens is 408 g/mol. The molecule has 0 radical (unpaired) electrons. The Balaban J connectivity index is 1.83. The van der Waals surface area contributed by atoms with E-state index in [1.165, 1.54) is 30.6 Å². The van der Waals surface area contributed by atoms with Crippen LogP contribution in [0.3, 0.4) is 0 Å². The Bertz CT molecular complexity index is 1260. The third-order valence-electron chi connectivity index (χ3n) is 4.31. The maximum Gasteiger partial charge on any atom is 0.249 e. The molecule has 0 N–H and O–H groups in total. The van der Waals surface area contributed by atoms with Crippen LogP contribution in [0.2, 0.25) is 0 Å². The van der Waals surface area contributed by atoms with Crippen LogP contribution in [-0.2, 0) is 21.2 Å². The highest BCUT2D eigenvalue weighted by molar-refractivity contribution is 7.91. The number of fused-ring (bicyclic) bond motifs is 1. The fourth-order valence-electron chi connectivity index (χ4n) is 2.80. The summed E-state index contributed by atoms with van der Waals surface area (Å²) in [7, 11) is -2.09. The number of methoxy groups -OCH3 is 1. The summed E-state index contributed by atoms with van der Waals surface area (Å²) in [6.07, 6.45) is 5.25. The summed E-state index contributed by atoms with van der Waals surface area (Å²) in [5, 5.41) is 0. The van der Waals surface area contributed by atoms with Gasteiger partial charge in [-0.2, -0.15) is 4.99 Å². The first-order chi connectivity index (χ1) is 13.8. The number of ether oxygens (including phenoxy) is 1. The number of carbonyl (C=O) groups is 1. The van der Waals surface area contributed by atoms with E-state index < -0.39 is 15.7 Å². The fraction of sp³-hybridized carbons (Fsp3) is 0.238. The monoisotopic (exact) mass is 428 g/mol. The van der Waals surface area contributed by atoms with E-state index in [0.29, 0.717) is 10.6 Å². The molecule has 150 valence electrons. The molecule has 1 aromatic heterocycles. The Hall–Kier alpha value is -2.89. The van der Waals surface area contributed by atoms with Crippen LogP contribution in [0.4, 0.5) is 0 Å². The zero-order valence-corrected chi connectivity index (χ0v) is 17.7. The van der Waals surface area contributed by atoms with E-state index in [2.05, 4.69) is 10.9 Å². The highest BCUT2D eigenvalue weighted by atomic mass is 32.2. The molecule has 0 aliphatic rings. The fourth-order valence-corrected chi connectivity index (χ4v) is 5.17. The van der Waals surface area contributed by atoms with Crippen molar-refractivity contribution >= 4 is 37.3 Å². The number of carbonyl (C=O) groups excluding carboxylic acids is 1. The van der Waals surface area contributed by atoms with Crippen molar-refractivity contribution in [3.05, 3.63) is 52.8 Å². The number of sulfone groups is 1. The predicted octanol–water partition coefficient (Wildman–Crippen LogP) is 2.94. The van der Waals surface area contributed by atoms with Crippen molar-refractivity contribution in [2.45, 2.75) is 24.8 Å². The molecule has 1 amide bonds. The van der Waals surface area contributed by atoms with E-state index >= 15 is 0 Å². The maximum atomic E-state index is 12.5. The van der Waals surface area contributed by atoms with Crippen molar-refractivity contribution < 1.29 is 17.9 Å². The van der Waals surface area contributed by atoms with Crippen LogP contribution in [0.15, 0.2) is 52.4 Å². The van der Waals surface area contributed by atoms with Crippen LogP contribution < -0.4 is 9.54 Å². The molecule has 0 spiro atoms. The average Bonchev–Trinajstić information content (AvgIpc) is 3.03. The number of aromatic nitrogens is 1. The van der Waals surface area contributed by atoms with Crippen LogP contribution in [-0.4, -0.2) is 31.8 Å². The molecule has 3 rings (SSSR count). The Labute approximate surface area is 173 Å². The smallest absolute Gasteiger partial charge is 0.249 e. The minimum Gasteiger partial charge on any atom is -0.497 e. The second-order valence-corrected chi connectivity index (χ2v) is 9.51. The van der Waals surface area contributed by atoms with Gasteiger partial charge in [0, 0.05) is 6.42 Å². The van der Waals surface area contributed by atoms with Gasteiger partial charge in [-0.1, -0.05) is 23.3 Å². The van der Waals surface area contributed by atoms with Gasteiger partial charge < -0.3 is 9.30 Å². The lowest BCUT2D eigenvalue weighted by Gasteiger charge is -2.04. The first-order valence-corrected chi connectivity index (χ1v) is 11.3. The number of amides is 1. The molecular formula is C21H20N2O4S2. The average molecular weight is 429 g/mol. The second kappa shape index (κ2) is 8.64. The van der Waals surface area contributed by atoms with Crippen LogP contribution >= 0.6 is 11.3 Å². The predicted molar refractivity (Wildman–Crippen MR) is 114 cm³/mol. The molecule has 1 heterocycles. The quantitative estimate of drug-likeness (QED) is 0.566. The van der Waals surface area contributed by atoms with Gasteiger partial charge in [0.2, 0.25) is 5.91 Å². The molecule has 0 aliphatic carbocycles. The number of nitrogens with zero attached hydrogens (tertiary/aromatic N) is 2. The molecule has 2 aromatic carbocycles. The van der Waals surface area contributed by atoms with Gasteiger partial charge in [-0.15, -0.1) is 6.42 Å². The summed E-state index contributed by atoms with van der Waals surface area (Å²) in [4.78, 5) is 17.1. The summed E-state index contributed by atoms with van der Waals surface area (Å²) < 4.78 is 32.7. The third kappa shape index (κ3) is 4.75. The van der Waals surface area contributed by atoms with E-state index in [1.54, 1.807) is 16.7 Å². The lowest BCUT2D eigenvalue weighted by Crippen LogP contribution is -2.18. The molecule has 29 heavy (non-hydrogen) atoms. The molecule has 0 fully saturated rings. The van der Waals surface area contributed by atoms with Crippen molar-refractivity contribution in [2.75, 3.05) is 12.9 Å². The molecule has 3 aromatic rings. The molecule has 0 bridgehead atoms. The molecule has 0 unspecified atom stereocenters. The van der Waals surface area contributed by atoms with Gasteiger partial charge in [0.25, 0.3) is 0 Å². The Morgan fingerprint density at radius 2 is 1.97 bits per heavy atom. The van der Waals surface area contributed by atoms with Gasteiger partial charge in [-0.25, -0.2) is 8.42 Å². The topological polar surface area (TPSA) is 77.7 Å². The number of rotatable bonds is 6. The zero-order chi connectivity index (χ0) is 21.0. The Kier molecular flexibility index (Phi) is 6.20. The molecule has 6 nitrogen and oxygen atoms in total. The molecule has 8 heteroatoms. The van der Waals surface area contributed by atoms with E-state index in [4.69, 9.17) is 11.2 Å². The summed E-state index contributed by atoms with van der Waals surface area (Å²) in [5.41, 5.74) is 1.99. The minimum atomic E-state index is -3.60. The summed E-state index contributed by atoms with van der Waals surface area (Å²) in [6, 6.07) is 12.0. The van der Waals surface area contributed by atoms with Crippen LogP contribution in [0.1, 0.15) is 12.0 Å². The van der Waals surface area contributed by atoms with Gasteiger partial charge >= 0.3 is 0 Å². The van der Waals surface area contributed by atoms with Crippen LogP contribution in [0.5, 0.6) is 5.75 Å². The van der Waals surface area contributed by atoms with Gasteiger partial charge in [0.1, 0.15) is 5.75 Å². The number of terminal acetylenes is 1. The largest absolute Gasteiger partial charge is 0.497 e. The number of hydrogen-bond acceptors (Lipinski definition) is 5. The van der Waals surface area contributed by atoms with Gasteiger partial charge in [-0.05, 0) is 48.9 Å². The molecule has 0 atom stereocenters. The van der Waals surface area contributed by atoms with E-state index in [9.17, 15) is 13.2 Å². The van der Waals surface area contributed by atoms with E-state index in [0.717, 1.165) is 15.8 Å². The SMILES string of the molecule is C#CCn1c(=NC(=O)CCS(=O)(=O)c2ccc(OC)cc2)sc2cc(C)ccc21. The summed E-state index contributed by atoms with van der Waals surface area (Å²) in [5.74, 6) is 2.31. The lowest BCUT2D eigenvalue weighted by molar-refractivity contribution is -0.117. The van der Waals surface area contributed by atoms with Crippen molar-refractivity contribution in [2.24, 2.45) is 4.99 Å². The first kappa shape index (κ1) is 20.8. The van der Waals surface area contributed by atoms with Gasteiger partial charge in [0.05, 0.1) is 34.5 Å². The highest BCUT2D eigenvalue weighted by Crippen LogP contribution is 2.19. The van der Waals surface area contributed by atoms with E-state index in [-0.39, 0.29) is 23.6 Å². The minimum absolute atomic E-state index is 0.144. The Morgan fingerprint density at radius 3 is 2.62 bits per heavy atom. The van der Waals surface area contributed by atoms with Crippen molar-refractivity contribution in [3.63, 3.8) is 0 Å². The number of aryl methyl sites for hydroxylation is 1. The van der Waals surface area contributed by atoms with Crippen LogP contribution in [0.25, 0.3) is 10.2 Å². The lowest BCUT2D eigenvalue weighted by atomic mass is 10.2. The molecule has 0 saturated heterocycles. The van der Waals surface area contributed by atoms with Crippen molar-refractivity contribution in [1.29, 1.82) is 0 Å². The number of benzene rings is 2. The molecule has 0 saturated carbocycles. The Morgan fingerprint density at radius 1 is 1.24 bits per heavy atom. The summed E-state index contributed by atoms with van der Waals surface area (Å²) in [6.45, 7) is 2.26. The summed E-state index contributed by atoms with van der Waals surface area (Å²) >= 11 is 1.36. The number of hydrogen-bond donors (Lipinski definition) is 0. The normalized spacial score (nSPS) is 12.1. The first-order valence-electron chi connectivity index (χ1n) is 8.82. The maximum absolute atomic E-state index is 12.5. The van der Waals surface area contributed by atoms with E-state index in [1.807, 2.05) is 25.1 Å². The van der Waals surface area contributed by atoms with Gasteiger partial charge in [0.15, 0.2) is 14.6 Å². The van der Waals surface area contributed by atoms with Crippen LogP contribution in [0, 0.1) is 19.3 Å². The zero-order valence-electron chi connectivity index (χ0n) is 16.1. The second-order valence-electron chi connectivity index (χ2n) is 6.40. The standard InChI is InChI=1S/C21H20N2O4S2/c1-4-12-23-18-10-5-15(2)14-19(18)28-21(23)22-20(24)11-13-29(25,26)17-8-6-16(27-3)7-9-17/h1,5-10,14H,11-13H2,2-3H3. The number of thiazole rings is 1. The third-order valence-corrected chi connectivity index (χ3v) is 7.08. The van der Waals surface area contributed by atoms with Gasteiger partial charge in [-0.3, -0.25) is 4.79 Å². The van der Waals surface area contributed by atoms with Crippen molar-refractivity contribution in [3.8, 4) is 18.1 Å².